The third-order valence-electron chi connectivity index (χ3n) is 2.14. The maximum absolute atomic E-state index is 11.2. The van der Waals surface area contributed by atoms with Crippen molar-refractivity contribution in [3.05, 3.63) is 29.3 Å². The van der Waals surface area contributed by atoms with Gasteiger partial charge in [-0.2, -0.15) is 0 Å². The van der Waals surface area contributed by atoms with Crippen molar-refractivity contribution < 1.29 is 18.3 Å². The number of carboxylic acid groups (broad SMARTS) is 1. The number of benzene rings is 1. The zero-order valence-corrected chi connectivity index (χ0v) is 9.77. The molecule has 0 fully saturated rings. The van der Waals surface area contributed by atoms with E-state index in [1.54, 1.807) is 18.2 Å². The SMILES string of the molecule is Cl.O=C(O)Cc1ccc2c(c1)CS(=O)(=O)N2. The van der Waals surface area contributed by atoms with Crippen LogP contribution in [-0.4, -0.2) is 19.5 Å². The lowest BCUT2D eigenvalue weighted by Gasteiger charge is -2.00. The fraction of sp³-hybridized carbons (Fsp3) is 0.222. The number of aliphatic carboxylic acids is 1. The normalized spacial score (nSPS) is 15.8. The summed E-state index contributed by atoms with van der Waals surface area (Å²) < 4.78 is 24.8. The fourth-order valence-corrected chi connectivity index (χ4v) is 2.81. The Morgan fingerprint density at radius 3 is 2.75 bits per heavy atom. The molecule has 0 atom stereocenters. The third-order valence-corrected chi connectivity index (χ3v) is 3.36. The molecule has 2 rings (SSSR count). The minimum atomic E-state index is -3.25. The number of nitrogens with one attached hydrogen (secondary N) is 1. The maximum atomic E-state index is 11.2. The average molecular weight is 264 g/mol. The molecule has 16 heavy (non-hydrogen) atoms. The van der Waals surface area contributed by atoms with Crippen LogP contribution in [0.5, 0.6) is 0 Å². The monoisotopic (exact) mass is 263 g/mol. The van der Waals surface area contributed by atoms with Crippen molar-refractivity contribution in [3.63, 3.8) is 0 Å². The Bertz CT molecular complexity index is 526. The zero-order chi connectivity index (χ0) is 11.1. The van der Waals surface area contributed by atoms with Crippen LogP contribution in [0.1, 0.15) is 11.1 Å². The third kappa shape index (κ3) is 2.65. The number of hydrogen-bond acceptors (Lipinski definition) is 3. The largest absolute Gasteiger partial charge is 0.481 e. The molecule has 0 amide bonds. The van der Waals surface area contributed by atoms with E-state index in [2.05, 4.69) is 4.72 Å². The van der Waals surface area contributed by atoms with Gasteiger partial charge in [-0.3, -0.25) is 9.52 Å². The number of anilines is 1. The Morgan fingerprint density at radius 1 is 1.44 bits per heavy atom. The Hall–Kier alpha value is -1.27. The van der Waals surface area contributed by atoms with Crippen molar-refractivity contribution in [1.82, 2.24) is 0 Å². The summed E-state index contributed by atoms with van der Waals surface area (Å²) in [5.74, 6) is -1.00. The highest BCUT2D eigenvalue weighted by molar-refractivity contribution is 7.92. The van der Waals surface area contributed by atoms with Crippen molar-refractivity contribution in [1.29, 1.82) is 0 Å². The van der Waals surface area contributed by atoms with Crippen LogP contribution < -0.4 is 4.72 Å². The predicted octanol–water partition coefficient (Wildman–Crippen LogP) is 0.991. The molecule has 0 saturated carbocycles. The van der Waals surface area contributed by atoms with Crippen molar-refractivity contribution >= 4 is 34.1 Å². The number of hydrogen-bond donors (Lipinski definition) is 2. The molecule has 0 radical (unpaired) electrons. The van der Waals surface area contributed by atoms with Crippen LogP contribution >= 0.6 is 12.4 Å². The van der Waals surface area contributed by atoms with E-state index >= 15 is 0 Å². The smallest absolute Gasteiger partial charge is 0.307 e. The lowest BCUT2D eigenvalue weighted by molar-refractivity contribution is -0.136. The lowest BCUT2D eigenvalue weighted by Crippen LogP contribution is -2.05. The molecule has 0 spiro atoms. The molecule has 1 aromatic rings. The zero-order valence-electron chi connectivity index (χ0n) is 8.13. The summed E-state index contributed by atoms with van der Waals surface area (Å²) in [5.41, 5.74) is 1.79. The summed E-state index contributed by atoms with van der Waals surface area (Å²) >= 11 is 0. The first-order valence-corrected chi connectivity index (χ1v) is 5.95. The maximum Gasteiger partial charge on any atom is 0.307 e. The molecule has 5 nitrogen and oxygen atoms in total. The van der Waals surface area contributed by atoms with Gasteiger partial charge in [0.2, 0.25) is 10.0 Å². The van der Waals surface area contributed by atoms with Gasteiger partial charge in [0.15, 0.2) is 0 Å². The van der Waals surface area contributed by atoms with Gasteiger partial charge in [0.05, 0.1) is 17.9 Å². The van der Waals surface area contributed by atoms with Crippen LogP contribution in [0, 0.1) is 0 Å². The minimum Gasteiger partial charge on any atom is -0.481 e. The van der Waals surface area contributed by atoms with Crippen LogP contribution in [0.2, 0.25) is 0 Å². The number of sulfonamides is 1. The predicted molar refractivity (Wildman–Crippen MR) is 61.3 cm³/mol. The summed E-state index contributed by atoms with van der Waals surface area (Å²) in [5, 5.41) is 8.58. The standard InChI is InChI=1S/C9H9NO4S.ClH/c11-9(12)4-6-1-2-8-7(3-6)5-15(13,14)10-8;/h1-3,10H,4-5H2,(H,11,12);1H. The van der Waals surface area contributed by atoms with Gasteiger partial charge < -0.3 is 5.11 Å². The van der Waals surface area contributed by atoms with Crippen LogP contribution in [0.25, 0.3) is 0 Å². The lowest BCUT2D eigenvalue weighted by atomic mass is 10.1. The van der Waals surface area contributed by atoms with Gasteiger partial charge >= 0.3 is 5.97 Å². The van der Waals surface area contributed by atoms with Gasteiger partial charge in [-0.1, -0.05) is 12.1 Å². The molecule has 0 saturated heterocycles. The molecule has 2 N–H and O–H groups in total. The summed E-state index contributed by atoms with van der Waals surface area (Å²) in [6.45, 7) is 0. The van der Waals surface area contributed by atoms with Crippen LogP contribution in [0.15, 0.2) is 18.2 Å². The molecule has 1 aliphatic rings. The van der Waals surface area contributed by atoms with E-state index in [0.29, 0.717) is 16.8 Å². The Balaban J connectivity index is 0.00000128. The van der Waals surface area contributed by atoms with E-state index in [9.17, 15) is 13.2 Å². The Labute approximate surface area is 98.9 Å². The molecular formula is C9H10ClNO4S. The molecule has 0 unspecified atom stereocenters. The topological polar surface area (TPSA) is 83.5 Å². The first-order valence-electron chi connectivity index (χ1n) is 4.30. The molecule has 0 aliphatic carbocycles. The quantitative estimate of drug-likeness (QED) is 0.834. The minimum absolute atomic E-state index is 0. The highest BCUT2D eigenvalue weighted by Gasteiger charge is 2.23. The van der Waals surface area contributed by atoms with E-state index in [-0.39, 0.29) is 24.6 Å². The van der Waals surface area contributed by atoms with E-state index < -0.39 is 16.0 Å². The molecule has 1 heterocycles. The van der Waals surface area contributed by atoms with Gasteiger partial charge in [-0.15, -0.1) is 12.4 Å². The summed E-state index contributed by atoms with van der Waals surface area (Å²) in [7, 11) is -3.25. The molecule has 88 valence electrons. The van der Waals surface area contributed by atoms with Gasteiger partial charge in [0.1, 0.15) is 0 Å². The van der Waals surface area contributed by atoms with E-state index in [1.165, 1.54) is 0 Å². The second-order valence-corrected chi connectivity index (χ2v) is 5.15. The van der Waals surface area contributed by atoms with Gasteiger partial charge in [0, 0.05) is 0 Å². The molecule has 0 aromatic heterocycles. The van der Waals surface area contributed by atoms with Crippen molar-refractivity contribution in [2.24, 2.45) is 0 Å². The fourth-order valence-electron chi connectivity index (χ4n) is 1.56. The summed E-state index contributed by atoms with van der Waals surface area (Å²) in [6, 6.07) is 4.82. The highest BCUT2D eigenvalue weighted by atomic mass is 35.5. The van der Waals surface area contributed by atoms with E-state index in [4.69, 9.17) is 5.11 Å². The summed E-state index contributed by atoms with van der Waals surface area (Å²) in [4.78, 5) is 10.5. The second-order valence-electron chi connectivity index (χ2n) is 3.42. The molecule has 0 bridgehead atoms. The molecule has 7 heteroatoms. The number of carboxylic acids is 1. The first-order chi connectivity index (χ1) is 6.96. The Kier molecular flexibility index (Phi) is 3.44. The van der Waals surface area contributed by atoms with Crippen LogP contribution in [0.3, 0.4) is 0 Å². The highest BCUT2D eigenvalue weighted by Crippen LogP contribution is 2.27. The van der Waals surface area contributed by atoms with Crippen LogP contribution in [-0.2, 0) is 27.0 Å². The molecule has 1 aliphatic heterocycles. The van der Waals surface area contributed by atoms with Crippen molar-refractivity contribution in [2.75, 3.05) is 4.72 Å². The van der Waals surface area contributed by atoms with E-state index in [0.717, 1.165) is 0 Å². The van der Waals surface area contributed by atoms with Crippen LogP contribution in [0.4, 0.5) is 5.69 Å². The molecule has 1 aromatic carbocycles. The molecular weight excluding hydrogens is 254 g/mol. The number of halogens is 1. The van der Waals surface area contributed by atoms with E-state index in [1.807, 2.05) is 0 Å². The average Bonchev–Trinajstić information content (AvgIpc) is 2.36. The second kappa shape index (κ2) is 4.31. The van der Waals surface area contributed by atoms with Gasteiger partial charge in [0.25, 0.3) is 0 Å². The number of carbonyl (C=O) groups is 1. The number of rotatable bonds is 2. The van der Waals surface area contributed by atoms with Crippen molar-refractivity contribution in [2.45, 2.75) is 12.2 Å². The van der Waals surface area contributed by atoms with Gasteiger partial charge in [-0.25, -0.2) is 8.42 Å². The number of fused-ring (bicyclic) bond motifs is 1. The summed E-state index contributed by atoms with van der Waals surface area (Å²) in [6.07, 6.45) is -0.0900. The van der Waals surface area contributed by atoms with Crippen molar-refractivity contribution in [3.8, 4) is 0 Å². The van der Waals surface area contributed by atoms with Gasteiger partial charge in [-0.05, 0) is 17.2 Å². The first kappa shape index (κ1) is 12.8. The Morgan fingerprint density at radius 2 is 2.12 bits per heavy atom.